The topological polar surface area (TPSA) is 51.2 Å². The summed E-state index contributed by atoms with van der Waals surface area (Å²) < 4.78 is 31.4. The Balaban J connectivity index is 1.51. The van der Waals surface area contributed by atoms with Gasteiger partial charge in [0.05, 0.1) is 6.42 Å². The standard InChI is InChI=1S/C20H16F2N2O2/c21-16-7-4-14(5-8-16)10-19(25)23-12-15-6-9-20(24-13-15)26-18-3-1-2-17(22)11-18/h1-9,11,13H,10,12H2,(H,23,25). The van der Waals surface area contributed by atoms with Crippen molar-refractivity contribution in [3.8, 4) is 11.6 Å². The van der Waals surface area contributed by atoms with Crippen LogP contribution in [0, 0.1) is 11.6 Å². The molecule has 0 unspecified atom stereocenters. The van der Waals surface area contributed by atoms with Crippen molar-refractivity contribution in [2.75, 3.05) is 0 Å². The first-order chi connectivity index (χ1) is 12.6. The summed E-state index contributed by atoms with van der Waals surface area (Å²) in [4.78, 5) is 16.1. The van der Waals surface area contributed by atoms with Crippen molar-refractivity contribution >= 4 is 5.91 Å². The van der Waals surface area contributed by atoms with E-state index >= 15 is 0 Å². The van der Waals surface area contributed by atoms with Crippen molar-refractivity contribution in [2.45, 2.75) is 13.0 Å². The molecule has 6 heteroatoms. The van der Waals surface area contributed by atoms with Crippen LogP contribution in [-0.2, 0) is 17.8 Å². The molecule has 4 nitrogen and oxygen atoms in total. The third-order valence-electron chi connectivity index (χ3n) is 3.58. The van der Waals surface area contributed by atoms with Gasteiger partial charge in [-0.3, -0.25) is 4.79 Å². The number of rotatable bonds is 6. The molecule has 0 saturated heterocycles. The van der Waals surface area contributed by atoms with Gasteiger partial charge in [-0.05, 0) is 35.4 Å². The molecule has 0 aliphatic heterocycles. The first kappa shape index (κ1) is 17.5. The Hall–Kier alpha value is -3.28. The van der Waals surface area contributed by atoms with E-state index < -0.39 is 0 Å². The summed E-state index contributed by atoms with van der Waals surface area (Å²) in [7, 11) is 0. The van der Waals surface area contributed by atoms with Gasteiger partial charge in [0.15, 0.2) is 0 Å². The maximum Gasteiger partial charge on any atom is 0.224 e. The molecule has 0 aliphatic carbocycles. The number of pyridine rings is 1. The highest BCUT2D eigenvalue weighted by Crippen LogP contribution is 2.20. The molecule has 132 valence electrons. The number of carbonyl (C=O) groups excluding carboxylic acids is 1. The number of benzene rings is 2. The lowest BCUT2D eigenvalue weighted by molar-refractivity contribution is -0.120. The second-order valence-corrected chi connectivity index (χ2v) is 5.64. The van der Waals surface area contributed by atoms with E-state index in [0.29, 0.717) is 18.2 Å². The van der Waals surface area contributed by atoms with Crippen LogP contribution in [0.25, 0.3) is 0 Å². The molecule has 1 heterocycles. The highest BCUT2D eigenvalue weighted by atomic mass is 19.1. The van der Waals surface area contributed by atoms with Crippen LogP contribution in [0.5, 0.6) is 11.6 Å². The van der Waals surface area contributed by atoms with E-state index in [1.54, 1.807) is 42.6 Å². The number of halogens is 2. The van der Waals surface area contributed by atoms with E-state index in [2.05, 4.69) is 10.3 Å². The Labute approximate surface area is 149 Å². The average molecular weight is 354 g/mol. The van der Waals surface area contributed by atoms with E-state index in [9.17, 15) is 13.6 Å². The molecule has 0 aliphatic rings. The van der Waals surface area contributed by atoms with Gasteiger partial charge in [0, 0.05) is 24.9 Å². The lowest BCUT2D eigenvalue weighted by Crippen LogP contribution is -2.24. The van der Waals surface area contributed by atoms with Gasteiger partial charge in [-0.2, -0.15) is 0 Å². The quantitative estimate of drug-likeness (QED) is 0.728. The van der Waals surface area contributed by atoms with Crippen LogP contribution in [0.15, 0.2) is 66.9 Å². The summed E-state index contributed by atoms with van der Waals surface area (Å²) in [6.07, 6.45) is 1.75. The van der Waals surface area contributed by atoms with E-state index in [1.807, 2.05) is 0 Å². The highest BCUT2D eigenvalue weighted by molar-refractivity contribution is 5.78. The normalized spacial score (nSPS) is 10.4. The molecular weight excluding hydrogens is 338 g/mol. The molecule has 2 aromatic carbocycles. The van der Waals surface area contributed by atoms with Crippen LogP contribution in [0.4, 0.5) is 8.78 Å². The number of ether oxygens (including phenoxy) is 1. The van der Waals surface area contributed by atoms with Gasteiger partial charge in [-0.15, -0.1) is 0 Å². The van der Waals surface area contributed by atoms with Crippen molar-refractivity contribution < 1.29 is 18.3 Å². The molecule has 1 aromatic heterocycles. The third-order valence-corrected chi connectivity index (χ3v) is 3.58. The largest absolute Gasteiger partial charge is 0.439 e. The molecule has 26 heavy (non-hydrogen) atoms. The molecule has 3 aromatic rings. The fourth-order valence-electron chi connectivity index (χ4n) is 2.28. The Morgan fingerprint density at radius 3 is 2.42 bits per heavy atom. The predicted octanol–water partition coefficient (Wildman–Crippen LogP) is 4.01. The molecule has 0 bridgehead atoms. The second kappa shape index (κ2) is 8.20. The summed E-state index contributed by atoms with van der Waals surface area (Å²) in [6.45, 7) is 0.313. The van der Waals surface area contributed by atoms with Crippen LogP contribution >= 0.6 is 0 Å². The van der Waals surface area contributed by atoms with Crippen molar-refractivity contribution in [3.05, 3.63) is 89.6 Å². The number of hydrogen-bond donors (Lipinski definition) is 1. The summed E-state index contributed by atoms with van der Waals surface area (Å²) in [6, 6.07) is 15.0. The van der Waals surface area contributed by atoms with E-state index in [1.165, 1.54) is 24.3 Å². The number of hydrogen-bond acceptors (Lipinski definition) is 3. The first-order valence-electron chi connectivity index (χ1n) is 7.98. The zero-order chi connectivity index (χ0) is 18.4. The van der Waals surface area contributed by atoms with Gasteiger partial charge in [-0.25, -0.2) is 13.8 Å². The average Bonchev–Trinajstić information content (AvgIpc) is 2.63. The smallest absolute Gasteiger partial charge is 0.224 e. The van der Waals surface area contributed by atoms with Crippen LogP contribution in [0.1, 0.15) is 11.1 Å². The zero-order valence-electron chi connectivity index (χ0n) is 13.8. The number of nitrogens with zero attached hydrogens (tertiary/aromatic N) is 1. The van der Waals surface area contributed by atoms with Crippen molar-refractivity contribution in [2.24, 2.45) is 0 Å². The molecule has 0 atom stereocenters. The predicted molar refractivity (Wildman–Crippen MR) is 92.7 cm³/mol. The molecule has 0 saturated carbocycles. The van der Waals surface area contributed by atoms with Crippen LogP contribution < -0.4 is 10.1 Å². The second-order valence-electron chi connectivity index (χ2n) is 5.64. The molecule has 1 amide bonds. The van der Waals surface area contributed by atoms with E-state index in [-0.39, 0.29) is 24.0 Å². The zero-order valence-corrected chi connectivity index (χ0v) is 13.8. The Morgan fingerprint density at radius 2 is 1.73 bits per heavy atom. The van der Waals surface area contributed by atoms with Crippen LogP contribution in [0.3, 0.4) is 0 Å². The minimum Gasteiger partial charge on any atom is -0.439 e. The molecule has 0 fully saturated rings. The maximum atomic E-state index is 13.1. The van der Waals surface area contributed by atoms with Gasteiger partial charge < -0.3 is 10.1 Å². The monoisotopic (exact) mass is 354 g/mol. The minimum atomic E-state index is -0.386. The lowest BCUT2D eigenvalue weighted by atomic mass is 10.1. The Kier molecular flexibility index (Phi) is 5.53. The van der Waals surface area contributed by atoms with Gasteiger partial charge in [-0.1, -0.05) is 24.3 Å². The Bertz CT molecular complexity index is 881. The molecule has 0 spiro atoms. The number of carbonyl (C=O) groups is 1. The van der Waals surface area contributed by atoms with E-state index in [0.717, 1.165) is 11.1 Å². The summed E-state index contributed by atoms with van der Waals surface area (Å²) >= 11 is 0. The SMILES string of the molecule is O=C(Cc1ccc(F)cc1)NCc1ccc(Oc2cccc(F)c2)nc1. The summed E-state index contributed by atoms with van der Waals surface area (Å²) in [5.41, 5.74) is 1.53. The number of aromatic nitrogens is 1. The molecular formula is C20H16F2N2O2. The first-order valence-corrected chi connectivity index (χ1v) is 7.98. The number of amides is 1. The molecule has 3 rings (SSSR count). The van der Waals surface area contributed by atoms with Crippen molar-refractivity contribution in [1.29, 1.82) is 0 Å². The van der Waals surface area contributed by atoms with Crippen molar-refractivity contribution in [3.63, 3.8) is 0 Å². The van der Waals surface area contributed by atoms with Crippen LogP contribution in [0.2, 0.25) is 0 Å². The maximum absolute atomic E-state index is 13.1. The van der Waals surface area contributed by atoms with Gasteiger partial charge in [0.1, 0.15) is 17.4 Å². The summed E-state index contributed by atoms with van der Waals surface area (Å²) in [5.74, 6) is -0.199. The molecule has 0 radical (unpaired) electrons. The minimum absolute atomic E-state index is 0.170. The summed E-state index contributed by atoms with van der Waals surface area (Å²) in [5, 5.41) is 2.78. The third kappa shape index (κ3) is 5.11. The Morgan fingerprint density at radius 1 is 0.962 bits per heavy atom. The highest BCUT2D eigenvalue weighted by Gasteiger charge is 2.05. The van der Waals surface area contributed by atoms with Gasteiger partial charge in [0.2, 0.25) is 11.8 Å². The molecule has 1 N–H and O–H groups in total. The fraction of sp³-hybridized carbons (Fsp3) is 0.100. The van der Waals surface area contributed by atoms with Gasteiger partial charge in [0.25, 0.3) is 0 Å². The van der Waals surface area contributed by atoms with Crippen LogP contribution in [-0.4, -0.2) is 10.9 Å². The van der Waals surface area contributed by atoms with Crippen molar-refractivity contribution in [1.82, 2.24) is 10.3 Å². The lowest BCUT2D eigenvalue weighted by Gasteiger charge is -2.07. The number of nitrogens with one attached hydrogen (secondary N) is 1. The van der Waals surface area contributed by atoms with E-state index in [4.69, 9.17) is 4.74 Å². The van der Waals surface area contributed by atoms with Gasteiger partial charge >= 0.3 is 0 Å². The fourth-order valence-corrected chi connectivity index (χ4v) is 2.28.